The van der Waals surface area contributed by atoms with Crippen molar-refractivity contribution in [3.05, 3.63) is 102 Å². The van der Waals surface area contributed by atoms with Crippen LogP contribution in [0, 0.1) is 11.9 Å². The van der Waals surface area contributed by atoms with Gasteiger partial charge in [0.1, 0.15) is 5.82 Å². The smallest absolute Gasteiger partial charge is 0.356 e. The lowest BCUT2D eigenvalue weighted by Crippen LogP contribution is -2.20. The van der Waals surface area contributed by atoms with Crippen molar-refractivity contribution in [2.24, 2.45) is 5.92 Å². The van der Waals surface area contributed by atoms with E-state index in [0.29, 0.717) is 33.7 Å². The molecule has 236 valence electrons. The maximum atomic E-state index is 14.5. The molecule has 1 atom stereocenters. The molecule has 5 rings (SSSR count). The Hall–Kier alpha value is -4.47. The molecule has 10 heteroatoms. The number of aromatic nitrogens is 3. The van der Waals surface area contributed by atoms with Crippen LogP contribution in [-0.4, -0.2) is 59.3 Å². The minimum absolute atomic E-state index is 0.00728. The second-order valence-corrected chi connectivity index (χ2v) is 11.7. The lowest BCUT2D eigenvalue weighted by molar-refractivity contribution is -0.124. The molecule has 1 aliphatic rings. The summed E-state index contributed by atoms with van der Waals surface area (Å²) in [6, 6.07) is 17.0. The van der Waals surface area contributed by atoms with Crippen molar-refractivity contribution in [1.82, 2.24) is 20.1 Å². The average molecular weight is 620 g/mol. The third-order valence-electron chi connectivity index (χ3n) is 8.18. The Balaban J connectivity index is 1.37. The van der Waals surface area contributed by atoms with Crippen LogP contribution in [0.3, 0.4) is 0 Å². The molecule has 0 radical (unpaired) electrons. The zero-order chi connectivity index (χ0) is 32.0. The number of allylic oxidation sites excluding steroid dienone is 2. The van der Waals surface area contributed by atoms with Crippen LogP contribution < -0.4 is 4.90 Å². The Labute approximate surface area is 260 Å². The molecule has 6 nitrogen and oxygen atoms in total. The van der Waals surface area contributed by atoms with Gasteiger partial charge in [0.2, 0.25) is 11.9 Å². The molecule has 3 heterocycles. The average Bonchev–Trinajstić information content (AvgIpc) is 3.65. The van der Waals surface area contributed by atoms with Gasteiger partial charge in [0.15, 0.2) is 0 Å². The summed E-state index contributed by atoms with van der Waals surface area (Å²) in [7, 11) is 3.47. The van der Waals surface area contributed by atoms with Crippen LogP contribution in [0.2, 0.25) is 0 Å². The molecule has 0 spiro atoms. The summed E-state index contributed by atoms with van der Waals surface area (Å²) < 4.78 is 56.5. The molecular weight excluding hydrogens is 582 g/mol. The van der Waals surface area contributed by atoms with E-state index in [4.69, 9.17) is 4.98 Å². The number of rotatable bonds is 11. The highest BCUT2D eigenvalue weighted by Gasteiger charge is 2.32. The van der Waals surface area contributed by atoms with E-state index in [1.807, 2.05) is 18.2 Å². The molecule has 0 bridgehead atoms. The lowest BCUT2D eigenvalue weighted by atomic mass is 9.88. The van der Waals surface area contributed by atoms with Crippen molar-refractivity contribution >= 4 is 33.8 Å². The number of pyridine rings is 1. The Morgan fingerprint density at radius 1 is 1.04 bits per heavy atom. The first kappa shape index (κ1) is 31.9. The van der Waals surface area contributed by atoms with Gasteiger partial charge in [-0.2, -0.15) is 22.7 Å². The fourth-order valence-corrected chi connectivity index (χ4v) is 5.85. The molecule has 1 fully saturated rings. The number of unbranched alkanes of at least 4 members (excludes halogenated alkanes) is 2. The van der Waals surface area contributed by atoms with Crippen molar-refractivity contribution in [1.29, 1.82) is 0 Å². The Morgan fingerprint density at radius 2 is 1.82 bits per heavy atom. The van der Waals surface area contributed by atoms with E-state index < -0.39 is 18.5 Å². The molecule has 1 amide bonds. The van der Waals surface area contributed by atoms with Gasteiger partial charge >= 0.3 is 6.18 Å². The number of anilines is 1. The van der Waals surface area contributed by atoms with Crippen LogP contribution >= 0.6 is 0 Å². The third kappa shape index (κ3) is 8.17. The van der Waals surface area contributed by atoms with Crippen LogP contribution in [0.4, 0.5) is 23.4 Å². The van der Waals surface area contributed by atoms with Crippen molar-refractivity contribution in [3.8, 4) is 0 Å². The van der Waals surface area contributed by atoms with Gasteiger partial charge in [0.25, 0.3) is 0 Å². The number of hydrogen-bond acceptors (Lipinski definition) is 4. The van der Waals surface area contributed by atoms with E-state index in [9.17, 15) is 22.4 Å². The lowest BCUT2D eigenvalue weighted by Gasteiger charge is -2.21. The number of likely N-dealkylation sites (N-methyl/N-ethyl adjacent to an activating group) is 1. The monoisotopic (exact) mass is 619 g/mol. The van der Waals surface area contributed by atoms with Gasteiger partial charge in [0, 0.05) is 38.9 Å². The molecule has 1 aliphatic heterocycles. The number of hydrogen-bond donors (Lipinski definition) is 1. The minimum Gasteiger partial charge on any atom is -0.356 e. The number of nitrogens with one attached hydrogen (secondary N) is 1. The molecule has 0 saturated carbocycles. The molecule has 2 aromatic carbocycles. The second kappa shape index (κ2) is 14.1. The minimum atomic E-state index is -4.47. The van der Waals surface area contributed by atoms with E-state index in [2.05, 4.69) is 15.1 Å². The van der Waals surface area contributed by atoms with Crippen molar-refractivity contribution in [2.45, 2.75) is 44.7 Å². The first-order valence-electron chi connectivity index (χ1n) is 15.2. The van der Waals surface area contributed by atoms with Crippen LogP contribution in [-0.2, 0) is 4.79 Å². The molecule has 2 aromatic heterocycles. The SMILES string of the molecule is CN(C)C(=O)/C=C/CCCC[C@H]1CCN(c2ccc(/C(=C(/CC(F)(F)F)c3ccccc3)c3ccc4n[nH]c(F)c4c3)cn2)C1. The first-order chi connectivity index (χ1) is 21.6. The number of halogens is 4. The van der Waals surface area contributed by atoms with Crippen LogP contribution in [0.15, 0.2) is 79.0 Å². The molecule has 0 aliphatic carbocycles. The zero-order valence-corrected chi connectivity index (χ0v) is 25.4. The topological polar surface area (TPSA) is 65.1 Å². The highest BCUT2D eigenvalue weighted by molar-refractivity contribution is 6.00. The summed E-state index contributed by atoms with van der Waals surface area (Å²) in [6.45, 7) is 1.72. The van der Waals surface area contributed by atoms with Crippen molar-refractivity contribution in [2.75, 3.05) is 32.1 Å². The van der Waals surface area contributed by atoms with Gasteiger partial charge in [0.05, 0.1) is 17.3 Å². The van der Waals surface area contributed by atoms with Crippen LogP contribution in [0.5, 0.6) is 0 Å². The normalized spacial score (nSPS) is 16.0. The number of H-pyrrole nitrogens is 1. The standard InChI is InChI=1S/C35H37F4N5O/c1-43(2)32(45)13-9-4-3-6-10-24-18-19-44(23-24)31-17-15-27(22-40-31)33(26-14-16-30-28(20-26)34(36)42-41-30)29(21-35(37,38)39)25-11-7-5-8-12-25/h5,7-9,11-17,20,22,24H,3-4,6,10,18-19,21,23H2,1-2H3,(H,41,42)/b13-9+,33-29-/t24-/m0/s1. The largest absolute Gasteiger partial charge is 0.393 e. The predicted molar refractivity (Wildman–Crippen MR) is 170 cm³/mol. The van der Waals surface area contributed by atoms with Gasteiger partial charge in [-0.25, -0.2) is 4.98 Å². The fraction of sp³-hybridized carbons (Fsp3) is 0.343. The van der Waals surface area contributed by atoms with Crippen molar-refractivity contribution in [3.63, 3.8) is 0 Å². The number of nitrogens with zero attached hydrogens (tertiary/aromatic N) is 4. The number of amides is 1. The van der Waals surface area contributed by atoms with Gasteiger partial charge in [-0.3, -0.25) is 9.89 Å². The van der Waals surface area contributed by atoms with Gasteiger partial charge < -0.3 is 9.80 Å². The van der Waals surface area contributed by atoms with E-state index >= 15 is 0 Å². The van der Waals surface area contributed by atoms with Crippen LogP contribution in [0.1, 0.15) is 55.2 Å². The van der Waals surface area contributed by atoms with Gasteiger partial charge in [-0.15, -0.1) is 0 Å². The highest BCUT2D eigenvalue weighted by Crippen LogP contribution is 2.40. The van der Waals surface area contributed by atoms with E-state index in [1.165, 1.54) is 6.07 Å². The Morgan fingerprint density at radius 3 is 2.53 bits per heavy atom. The predicted octanol–water partition coefficient (Wildman–Crippen LogP) is 8.04. The third-order valence-corrected chi connectivity index (χ3v) is 8.18. The highest BCUT2D eigenvalue weighted by atomic mass is 19.4. The van der Waals surface area contributed by atoms with E-state index in [1.54, 1.807) is 73.7 Å². The fourth-order valence-electron chi connectivity index (χ4n) is 5.85. The molecule has 45 heavy (non-hydrogen) atoms. The summed E-state index contributed by atoms with van der Waals surface area (Å²) >= 11 is 0. The Kier molecular flexibility index (Phi) is 10.0. The molecule has 0 unspecified atom stereocenters. The summed E-state index contributed by atoms with van der Waals surface area (Å²) in [6.07, 6.45) is 4.63. The summed E-state index contributed by atoms with van der Waals surface area (Å²) in [4.78, 5) is 20.1. The number of fused-ring (bicyclic) bond motifs is 1. The number of aromatic amines is 1. The summed E-state index contributed by atoms with van der Waals surface area (Å²) in [5.41, 5.74) is 2.22. The first-order valence-corrected chi connectivity index (χ1v) is 15.2. The van der Waals surface area contributed by atoms with Crippen LogP contribution in [0.25, 0.3) is 22.0 Å². The number of benzene rings is 2. The number of carbonyl (C=O) groups is 1. The molecule has 1 saturated heterocycles. The molecule has 4 aromatic rings. The van der Waals surface area contributed by atoms with Gasteiger partial charge in [-0.1, -0.05) is 48.9 Å². The second-order valence-electron chi connectivity index (χ2n) is 11.7. The molecular formula is C35H37F4N5O. The van der Waals surface area contributed by atoms with Crippen molar-refractivity contribution < 1.29 is 22.4 Å². The summed E-state index contributed by atoms with van der Waals surface area (Å²) in [5.74, 6) is 0.657. The van der Waals surface area contributed by atoms with Gasteiger partial charge in [-0.05, 0) is 84.2 Å². The maximum Gasteiger partial charge on any atom is 0.393 e. The Bertz CT molecular complexity index is 1660. The summed E-state index contributed by atoms with van der Waals surface area (Å²) in [5, 5.41) is 6.44. The maximum absolute atomic E-state index is 14.5. The van der Waals surface area contributed by atoms with E-state index in [-0.39, 0.29) is 16.9 Å². The number of carbonyl (C=O) groups excluding carboxylic acids is 1. The quantitative estimate of drug-likeness (QED) is 0.0799. The number of alkyl halides is 3. The van der Waals surface area contributed by atoms with E-state index in [0.717, 1.165) is 51.0 Å². The molecule has 1 N–H and O–H groups in total. The zero-order valence-electron chi connectivity index (χ0n) is 25.4.